The number of thiazole rings is 1. The molecule has 3 heterocycles. The van der Waals surface area contributed by atoms with Crippen LogP contribution in [0.25, 0.3) is 10.2 Å². The second-order valence-corrected chi connectivity index (χ2v) is 5.48. The van der Waals surface area contributed by atoms with Crippen molar-refractivity contribution in [2.75, 3.05) is 13.1 Å². The Hall–Kier alpha value is -1.00. The molecule has 1 aliphatic heterocycles. The van der Waals surface area contributed by atoms with Crippen molar-refractivity contribution < 1.29 is 0 Å². The monoisotopic (exact) mass is 233 g/mol. The quantitative estimate of drug-likeness (QED) is 0.864. The van der Waals surface area contributed by atoms with E-state index in [4.69, 9.17) is 0 Å². The minimum atomic E-state index is 0.766. The third-order valence-corrected chi connectivity index (χ3v) is 4.16. The molecule has 0 aromatic carbocycles. The summed E-state index contributed by atoms with van der Waals surface area (Å²) in [7, 11) is 0. The molecule has 3 nitrogen and oxygen atoms in total. The van der Waals surface area contributed by atoms with Crippen molar-refractivity contribution in [3.63, 3.8) is 0 Å². The second-order valence-electron chi connectivity index (χ2n) is 4.37. The number of fused-ring (bicyclic) bond motifs is 1. The van der Waals surface area contributed by atoms with Gasteiger partial charge in [-0.05, 0) is 37.9 Å². The molecule has 1 saturated heterocycles. The molecule has 0 spiro atoms. The zero-order chi connectivity index (χ0) is 10.8. The van der Waals surface area contributed by atoms with Gasteiger partial charge in [0.15, 0.2) is 0 Å². The average Bonchev–Trinajstić information content (AvgIpc) is 2.72. The zero-order valence-corrected chi connectivity index (χ0v) is 9.96. The summed E-state index contributed by atoms with van der Waals surface area (Å²) in [5.41, 5.74) is 1.05. The predicted octanol–water partition coefficient (Wildman–Crippen LogP) is 2.23. The maximum atomic E-state index is 4.64. The molecule has 1 aliphatic rings. The molecule has 84 valence electrons. The van der Waals surface area contributed by atoms with E-state index in [1.165, 1.54) is 29.1 Å². The van der Waals surface area contributed by atoms with Gasteiger partial charge in [0.25, 0.3) is 0 Å². The van der Waals surface area contributed by atoms with Gasteiger partial charge in [-0.15, -0.1) is 11.3 Å². The number of rotatable bonds is 2. The molecule has 16 heavy (non-hydrogen) atoms. The Kier molecular flexibility index (Phi) is 2.84. The molecule has 2 aromatic rings. The summed E-state index contributed by atoms with van der Waals surface area (Å²) in [6, 6.07) is 2.05. The van der Waals surface area contributed by atoms with Crippen LogP contribution in [-0.2, 0) is 6.42 Å². The van der Waals surface area contributed by atoms with E-state index in [1.54, 1.807) is 0 Å². The molecule has 1 N–H and O–H groups in total. The summed E-state index contributed by atoms with van der Waals surface area (Å²) in [5.74, 6) is 0.766. The molecule has 0 saturated carbocycles. The highest BCUT2D eigenvalue weighted by atomic mass is 32.1. The number of pyridine rings is 1. The van der Waals surface area contributed by atoms with Gasteiger partial charge in [-0.25, -0.2) is 4.98 Å². The van der Waals surface area contributed by atoms with Crippen molar-refractivity contribution in [2.45, 2.75) is 19.3 Å². The van der Waals surface area contributed by atoms with Gasteiger partial charge < -0.3 is 5.32 Å². The van der Waals surface area contributed by atoms with Crippen molar-refractivity contribution in [1.82, 2.24) is 15.3 Å². The summed E-state index contributed by atoms with van der Waals surface area (Å²) in [6.07, 6.45) is 7.45. The van der Waals surface area contributed by atoms with Crippen LogP contribution in [0.5, 0.6) is 0 Å². The lowest BCUT2D eigenvalue weighted by molar-refractivity contribution is 0.376. The van der Waals surface area contributed by atoms with Crippen molar-refractivity contribution in [3.8, 4) is 0 Å². The summed E-state index contributed by atoms with van der Waals surface area (Å²) in [5, 5.41) is 4.71. The van der Waals surface area contributed by atoms with Gasteiger partial charge in [-0.2, -0.15) is 0 Å². The standard InChI is InChI=1S/C12H15N3S/c1-2-9(7-13-4-1)6-12-15-10-8-14-5-3-11(10)16-12/h3,5,8-9,13H,1-2,4,6-7H2. The van der Waals surface area contributed by atoms with Crippen LogP contribution in [0, 0.1) is 5.92 Å². The summed E-state index contributed by atoms with van der Waals surface area (Å²) in [6.45, 7) is 2.33. The minimum absolute atomic E-state index is 0.766. The van der Waals surface area contributed by atoms with Gasteiger partial charge in [0.1, 0.15) is 0 Å². The number of aromatic nitrogens is 2. The highest BCUT2D eigenvalue weighted by Gasteiger charge is 2.15. The molecule has 1 fully saturated rings. The lowest BCUT2D eigenvalue weighted by Crippen LogP contribution is -2.30. The Morgan fingerprint density at radius 1 is 1.50 bits per heavy atom. The van der Waals surface area contributed by atoms with E-state index in [0.29, 0.717) is 0 Å². The SMILES string of the molecule is c1cc2sc(CC3CCCNC3)nc2cn1. The first kappa shape index (κ1) is 10.2. The van der Waals surface area contributed by atoms with Crippen LogP contribution in [0.4, 0.5) is 0 Å². The first-order chi connectivity index (χ1) is 7.92. The van der Waals surface area contributed by atoms with E-state index >= 15 is 0 Å². The molecule has 4 heteroatoms. The Morgan fingerprint density at radius 2 is 2.50 bits per heavy atom. The number of nitrogens with zero attached hydrogens (tertiary/aromatic N) is 2. The molecular weight excluding hydrogens is 218 g/mol. The maximum Gasteiger partial charge on any atom is 0.0998 e. The smallest absolute Gasteiger partial charge is 0.0998 e. The first-order valence-corrected chi connectivity index (χ1v) is 6.63. The van der Waals surface area contributed by atoms with Gasteiger partial charge in [0.2, 0.25) is 0 Å². The lowest BCUT2D eigenvalue weighted by atomic mass is 9.97. The van der Waals surface area contributed by atoms with Gasteiger partial charge in [-0.1, -0.05) is 0 Å². The molecule has 0 bridgehead atoms. The highest BCUT2D eigenvalue weighted by Crippen LogP contribution is 2.24. The van der Waals surface area contributed by atoms with Crippen LogP contribution in [0.3, 0.4) is 0 Å². The van der Waals surface area contributed by atoms with Gasteiger partial charge >= 0.3 is 0 Å². The van der Waals surface area contributed by atoms with Gasteiger partial charge in [0, 0.05) is 12.6 Å². The van der Waals surface area contributed by atoms with E-state index in [0.717, 1.165) is 24.4 Å². The molecular formula is C12H15N3S. The highest BCUT2D eigenvalue weighted by molar-refractivity contribution is 7.18. The molecule has 2 aromatic heterocycles. The summed E-state index contributed by atoms with van der Waals surface area (Å²) < 4.78 is 1.26. The molecule has 0 amide bonds. The van der Waals surface area contributed by atoms with Gasteiger partial charge in [-0.3, -0.25) is 4.98 Å². The molecule has 3 rings (SSSR count). The van der Waals surface area contributed by atoms with Crippen LogP contribution in [-0.4, -0.2) is 23.1 Å². The van der Waals surface area contributed by atoms with E-state index in [2.05, 4.69) is 21.4 Å². The molecule has 0 radical (unpaired) electrons. The minimum Gasteiger partial charge on any atom is -0.316 e. The van der Waals surface area contributed by atoms with Crippen molar-refractivity contribution in [2.24, 2.45) is 5.92 Å². The van der Waals surface area contributed by atoms with E-state index < -0.39 is 0 Å². The van der Waals surface area contributed by atoms with E-state index in [9.17, 15) is 0 Å². The Labute approximate surface area is 98.9 Å². The summed E-state index contributed by atoms with van der Waals surface area (Å²) >= 11 is 1.81. The van der Waals surface area contributed by atoms with E-state index in [-0.39, 0.29) is 0 Å². The number of hydrogen-bond acceptors (Lipinski definition) is 4. The normalized spacial score (nSPS) is 21.4. The molecule has 0 aliphatic carbocycles. The third-order valence-electron chi connectivity index (χ3n) is 3.10. The number of hydrogen-bond donors (Lipinski definition) is 1. The van der Waals surface area contributed by atoms with E-state index in [1.807, 2.05) is 23.7 Å². The second kappa shape index (κ2) is 4.47. The Balaban J connectivity index is 1.78. The first-order valence-electron chi connectivity index (χ1n) is 5.82. The van der Waals surface area contributed by atoms with Crippen LogP contribution in [0.1, 0.15) is 17.8 Å². The molecule has 1 atom stereocenters. The van der Waals surface area contributed by atoms with Crippen molar-refractivity contribution >= 4 is 21.6 Å². The topological polar surface area (TPSA) is 37.8 Å². The molecule has 1 unspecified atom stereocenters. The maximum absolute atomic E-state index is 4.64. The third kappa shape index (κ3) is 2.08. The summed E-state index contributed by atoms with van der Waals surface area (Å²) in [4.78, 5) is 8.74. The average molecular weight is 233 g/mol. The fraction of sp³-hybridized carbons (Fsp3) is 0.500. The van der Waals surface area contributed by atoms with Crippen LogP contribution < -0.4 is 5.32 Å². The number of piperidine rings is 1. The fourth-order valence-electron chi connectivity index (χ4n) is 2.26. The van der Waals surface area contributed by atoms with Crippen LogP contribution in [0.2, 0.25) is 0 Å². The lowest BCUT2D eigenvalue weighted by Gasteiger charge is -2.21. The van der Waals surface area contributed by atoms with Crippen molar-refractivity contribution in [3.05, 3.63) is 23.5 Å². The Bertz CT molecular complexity index is 441. The number of nitrogens with one attached hydrogen (secondary N) is 1. The Morgan fingerprint density at radius 3 is 3.31 bits per heavy atom. The van der Waals surface area contributed by atoms with Crippen LogP contribution in [0.15, 0.2) is 18.5 Å². The van der Waals surface area contributed by atoms with Crippen molar-refractivity contribution in [1.29, 1.82) is 0 Å². The van der Waals surface area contributed by atoms with Gasteiger partial charge in [0.05, 0.1) is 21.4 Å². The van der Waals surface area contributed by atoms with Crippen LogP contribution >= 0.6 is 11.3 Å². The predicted molar refractivity (Wildman–Crippen MR) is 66.7 cm³/mol. The zero-order valence-electron chi connectivity index (χ0n) is 9.15. The fourth-order valence-corrected chi connectivity index (χ4v) is 3.31. The largest absolute Gasteiger partial charge is 0.316 e.